The predicted octanol–water partition coefficient (Wildman–Crippen LogP) is 0.837. The van der Waals surface area contributed by atoms with Crippen LogP contribution in [0.15, 0.2) is 41.2 Å². The van der Waals surface area contributed by atoms with Crippen LogP contribution in [0, 0.1) is 0 Å². The second kappa shape index (κ2) is 8.73. The molecule has 1 amide bonds. The van der Waals surface area contributed by atoms with Crippen LogP contribution >= 0.6 is 0 Å². The Morgan fingerprint density at radius 3 is 2.42 bits per heavy atom. The number of nitrogens with zero attached hydrogens (tertiary/aromatic N) is 3. The third-order valence-electron chi connectivity index (χ3n) is 4.78. The molecule has 138 valence electrons. The molecule has 3 rings (SSSR count). The molecule has 26 heavy (non-hydrogen) atoms. The first-order chi connectivity index (χ1) is 12.7. The van der Waals surface area contributed by atoms with Crippen molar-refractivity contribution in [3.8, 4) is 0 Å². The van der Waals surface area contributed by atoms with Gasteiger partial charge in [0.25, 0.3) is 11.5 Å². The van der Waals surface area contributed by atoms with Gasteiger partial charge in [0.1, 0.15) is 5.69 Å². The van der Waals surface area contributed by atoms with Gasteiger partial charge in [0.2, 0.25) is 0 Å². The molecule has 0 spiro atoms. The zero-order valence-electron chi connectivity index (χ0n) is 15.1. The van der Waals surface area contributed by atoms with Crippen LogP contribution in [0.25, 0.3) is 0 Å². The third kappa shape index (κ3) is 4.77. The Labute approximate surface area is 153 Å². The average molecular weight is 355 g/mol. The molecule has 1 fully saturated rings. The number of carbonyl (C=O) groups excluding carboxylic acids is 1. The van der Waals surface area contributed by atoms with E-state index < -0.39 is 0 Å². The largest absolute Gasteiger partial charge is 0.347 e. The van der Waals surface area contributed by atoms with Crippen LogP contribution in [-0.2, 0) is 13.1 Å². The van der Waals surface area contributed by atoms with Crippen molar-refractivity contribution in [3.05, 3.63) is 63.6 Å². The first kappa shape index (κ1) is 18.3. The van der Waals surface area contributed by atoms with Crippen LogP contribution in [0.4, 0.5) is 0 Å². The number of piperazine rings is 1. The van der Waals surface area contributed by atoms with Crippen molar-refractivity contribution in [2.75, 3.05) is 32.7 Å². The van der Waals surface area contributed by atoms with Gasteiger partial charge in [-0.25, -0.2) is 5.10 Å². The zero-order chi connectivity index (χ0) is 18.4. The third-order valence-corrected chi connectivity index (χ3v) is 4.78. The molecule has 1 aromatic carbocycles. The van der Waals surface area contributed by atoms with E-state index in [1.807, 2.05) is 18.2 Å². The van der Waals surface area contributed by atoms with Crippen LogP contribution < -0.4 is 10.9 Å². The van der Waals surface area contributed by atoms with Gasteiger partial charge in [-0.2, -0.15) is 5.10 Å². The zero-order valence-corrected chi connectivity index (χ0v) is 15.1. The standard InChI is InChI=1S/C19H25N5O2/c1-2-23-9-11-24(12-10-23)14-16-6-4-3-5-15(16)13-20-19(26)17-7-8-18(25)22-21-17/h3-8H,2,9-14H2,1H3,(H,20,26)(H,22,25). The quantitative estimate of drug-likeness (QED) is 0.802. The first-order valence-electron chi connectivity index (χ1n) is 9.01. The summed E-state index contributed by atoms with van der Waals surface area (Å²) >= 11 is 0. The highest BCUT2D eigenvalue weighted by Gasteiger charge is 2.17. The molecule has 0 bridgehead atoms. The molecule has 0 saturated carbocycles. The van der Waals surface area contributed by atoms with Crippen LogP contribution in [0.3, 0.4) is 0 Å². The highest BCUT2D eigenvalue weighted by molar-refractivity contribution is 5.91. The topological polar surface area (TPSA) is 81.3 Å². The van der Waals surface area contributed by atoms with E-state index in [2.05, 4.69) is 38.3 Å². The van der Waals surface area contributed by atoms with Crippen LogP contribution in [0.2, 0.25) is 0 Å². The lowest BCUT2D eigenvalue weighted by Gasteiger charge is -2.34. The molecule has 0 unspecified atom stereocenters. The maximum atomic E-state index is 12.2. The van der Waals surface area contributed by atoms with E-state index in [1.165, 1.54) is 17.7 Å². The summed E-state index contributed by atoms with van der Waals surface area (Å²) in [7, 11) is 0. The number of hydrogen-bond donors (Lipinski definition) is 2. The number of hydrogen-bond acceptors (Lipinski definition) is 5. The monoisotopic (exact) mass is 355 g/mol. The fourth-order valence-corrected chi connectivity index (χ4v) is 3.13. The van der Waals surface area contributed by atoms with E-state index in [1.54, 1.807) is 0 Å². The van der Waals surface area contributed by atoms with E-state index in [4.69, 9.17) is 0 Å². The number of likely N-dealkylation sites (N-methyl/N-ethyl adjacent to an activating group) is 1. The fraction of sp³-hybridized carbons (Fsp3) is 0.421. The predicted molar refractivity (Wildman–Crippen MR) is 99.9 cm³/mol. The van der Waals surface area contributed by atoms with E-state index in [0.29, 0.717) is 6.54 Å². The molecule has 2 N–H and O–H groups in total. The van der Waals surface area contributed by atoms with Crippen molar-refractivity contribution in [1.82, 2.24) is 25.3 Å². The van der Waals surface area contributed by atoms with Gasteiger partial charge < -0.3 is 10.2 Å². The molecule has 7 nitrogen and oxygen atoms in total. The van der Waals surface area contributed by atoms with Gasteiger partial charge in [-0.15, -0.1) is 0 Å². The van der Waals surface area contributed by atoms with Gasteiger partial charge in [0, 0.05) is 45.3 Å². The number of carbonyl (C=O) groups is 1. The normalized spacial score (nSPS) is 15.7. The Kier molecular flexibility index (Phi) is 6.14. The lowest BCUT2D eigenvalue weighted by molar-refractivity contribution is 0.0944. The van der Waals surface area contributed by atoms with Crippen molar-refractivity contribution in [2.24, 2.45) is 0 Å². The SMILES string of the molecule is CCN1CCN(Cc2ccccc2CNC(=O)c2ccc(=O)[nH]n2)CC1. The average Bonchev–Trinajstić information content (AvgIpc) is 2.68. The van der Waals surface area contributed by atoms with E-state index in [0.717, 1.165) is 44.8 Å². The molecule has 0 radical (unpaired) electrons. The Balaban J connectivity index is 1.59. The summed E-state index contributed by atoms with van der Waals surface area (Å²) in [6, 6.07) is 10.9. The summed E-state index contributed by atoms with van der Waals surface area (Å²) in [6.07, 6.45) is 0. The maximum absolute atomic E-state index is 12.2. The molecule has 1 aromatic heterocycles. The van der Waals surface area contributed by atoms with Crippen molar-refractivity contribution in [2.45, 2.75) is 20.0 Å². The number of amides is 1. The molecule has 7 heteroatoms. The molecular formula is C19H25N5O2. The lowest BCUT2D eigenvalue weighted by atomic mass is 10.1. The molecule has 1 aliphatic heterocycles. The summed E-state index contributed by atoms with van der Waals surface area (Å²) in [5.41, 5.74) is 2.21. The number of H-pyrrole nitrogens is 1. The smallest absolute Gasteiger partial charge is 0.271 e. The molecule has 2 heterocycles. The van der Waals surface area contributed by atoms with E-state index >= 15 is 0 Å². The van der Waals surface area contributed by atoms with Crippen molar-refractivity contribution < 1.29 is 4.79 Å². The Morgan fingerprint density at radius 2 is 1.77 bits per heavy atom. The van der Waals surface area contributed by atoms with Gasteiger partial charge in [-0.1, -0.05) is 31.2 Å². The number of benzene rings is 1. The van der Waals surface area contributed by atoms with Gasteiger partial charge >= 0.3 is 0 Å². The van der Waals surface area contributed by atoms with Gasteiger partial charge in [0.05, 0.1) is 0 Å². The van der Waals surface area contributed by atoms with Gasteiger partial charge in [-0.05, 0) is 23.7 Å². The Morgan fingerprint density at radius 1 is 1.08 bits per heavy atom. The fourth-order valence-electron chi connectivity index (χ4n) is 3.13. The van der Waals surface area contributed by atoms with Crippen LogP contribution in [0.5, 0.6) is 0 Å². The second-order valence-corrected chi connectivity index (χ2v) is 6.47. The Hall–Kier alpha value is -2.51. The molecule has 0 atom stereocenters. The van der Waals surface area contributed by atoms with Crippen molar-refractivity contribution >= 4 is 5.91 Å². The van der Waals surface area contributed by atoms with Gasteiger partial charge in [0.15, 0.2) is 0 Å². The number of aromatic amines is 1. The summed E-state index contributed by atoms with van der Waals surface area (Å²) in [6.45, 7) is 8.97. The van der Waals surface area contributed by atoms with E-state index in [9.17, 15) is 9.59 Å². The summed E-state index contributed by atoms with van der Waals surface area (Å²) in [5, 5.41) is 8.91. The van der Waals surface area contributed by atoms with Crippen molar-refractivity contribution in [1.29, 1.82) is 0 Å². The highest BCUT2D eigenvalue weighted by atomic mass is 16.2. The molecule has 0 aliphatic carbocycles. The lowest BCUT2D eigenvalue weighted by Crippen LogP contribution is -2.45. The second-order valence-electron chi connectivity index (χ2n) is 6.47. The minimum absolute atomic E-state index is 0.206. The minimum atomic E-state index is -0.324. The van der Waals surface area contributed by atoms with E-state index in [-0.39, 0.29) is 17.2 Å². The summed E-state index contributed by atoms with van der Waals surface area (Å²) in [4.78, 5) is 28.1. The summed E-state index contributed by atoms with van der Waals surface area (Å²) < 4.78 is 0. The molecule has 1 saturated heterocycles. The van der Waals surface area contributed by atoms with Gasteiger partial charge in [-0.3, -0.25) is 14.5 Å². The minimum Gasteiger partial charge on any atom is -0.347 e. The number of aromatic nitrogens is 2. The number of rotatable bonds is 6. The molecular weight excluding hydrogens is 330 g/mol. The van der Waals surface area contributed by atoms with Crippen LogP contribution in [0.1, 0.15) is 28.5 Å². The molecule has 2 aromatic rings. The summed E-state index contributed by atoms with van der Waals surface area (Å²) in [5.74, 6) is -0.299. The number of nitrogens with one attached hydrogen (secondary N) is 2. The first-order valence-corrected chi connectivity index (χ1v) is 9.01. The maximum Gasteiger partial charge on any atom is 0.271 e. The van der Waals surface area contributed by atoms with Crippen LogP contribution in [-0.4, -0.2) is 58.6 Å². The Bertz CT molecular complexity index is 776. The highest BCUT2D eigenvalue weighted by Crippen LogP contribution is 2.13. The van der Waals surface area contributed by atoms with Crippen molar-refractivity contribution in [3.63, 3.8) is 0 Å². The molecule has 1 aliphatic rings.